The van der Waals surface area contributed by atoms with Crippen LogP contribution in [0.15, 0.2) is 29.1 Å². The van der Waals surface area contributed by atoms with Gasteiger partial charge in [0.2, 0.25) is 11.9 Å². The molecule has 0 fully saturated rings. The number of amides is 1. The van der Waals surface area contributed by atoms with E-state index in [2.05, 4.69) is 10.3 Å². The molecule has 1 aliphatic rings. The van der Waals surface area contributed by atoms with Crippen molar-refractivity contribution in [1.82, 2.24) is 9.55 Å². The van der Waals surface area contributed by atoms with E-state index >= 15 is 0 Å². The number of hydrogen-bond acceptors (Lipinski definition) is 7. The highest BCUT2D eigenvalue weighted by Crippen LogP contribution is 2.32. The summed E-state index contributed by atoms with van der Waals surface area (Å²) in [5.74, 6) is 0.734. The third-order valence-electron chi connectivity index (χ3n) is 3.51. The lowest BCUT2D eigenvalue weighted by Gasteiger charge is -2.19. The average molecular weight is 346 g/mol. The van der Waals surface area contributed by atoms with Crippen molar-refractivity contribution in [2.45, 2.75) is 13.2 Å². The van der Waals surface area contributed by atoms with Crippen molar-refractivity contribution in [2.24, 2.45) is 0 Å². The molecule has 0 atom stereocenters. The number of nitrogens with one attached hydrogen (secondary N) is 1. The van der Waals surface area contributed by atoms with E-state index in [1.807, 2.05) is 0 Å². The van der Waals surface area contributed by atoms with Gasteiger partial charge in [0.1, 0.15) is 19.8 Å². The van der Waals surface area contributed by atoms with Crippen LogP contribution in [0, 0.1) is 0 Å². The van der Waals surface area contributed by atoms with Gasteiger partial charge in [0.15, 0.2) is 11.5 Å². The minimum absolute atomic E-state index is 0.0446. The normalized spacial score (nSPS) is 12.7. The molecule has 0 saturated heterocycles. The third-order valence-corrected chi connectivity index (χ3v) is 3.51. The average Bonchev–Trinajstić information content (AvgIpc) is 2.58. The number of nitrogens with zero attached hydrogens (tertiary/aromatic N) is 2. The van der Waals surface area contributed by atoms with Crippen LogP contribution in [0.5, 0.6) is 11.5 Å². The van der Waals surface area contributed by atoms with Crippen LogP contribution in [0.2, 0.25) is 0 Å². The van der Waals surface area contributed by atoms with E-state index in [9.17, 15) is 9.59 Å². The Morgan fingerprint density at radius 2 is 2.08 bits per heavy atom. The third kappa shape index (κ3) is 3.89. The standard InChI is InChI=1S/C16H18N4O5/c1-23-9-11-7-15(22)20(16(17)19-11)8-14(21)18-10-2-3-12-13(6-10)25-5-4-24-12/h2-3,6-7H,4-5,8-9H2,1H3,(H2,17,19)(H,18,21). The Morgan fingerprint density at radius 1 is 1.32 bits per heavy atom. The number of methoxy groups -OCH3 is 1. The molecule has 9 nitrogen and oxygen atoms in total. The topological polar surface area (TPSA) is 118 Å². The summed E-state index contributed by atoms with van der Waals surface area (Å²) in [6.45, 7) is 0.867. The Balaban J connectivity index is 1.72. The Labute approximate surface area is 143 Å². The molecular weight excluding hydrogens is 328 g/mol. The number of nitrogen functional groups attached to an aromatic ring is 1. The number of benzene rings is 1. The summed E-state index contributed by atoms with van der Waals surface area (Å²) in [6, 6.07) is 6.36. The van der Waals surface area contributed by atoms with Gasteiger partial charge in [-0.1, -0.05) is 0 Å². The molecule has 0 unspecified atom stereocenters. The van der Waals surface area contributed by atoms with E-state index in [4.69, 9.17) is 19.9 Å². The molecule has 0 spiro atoms. The van der Waals surface area contributed by atoms with Crippen molar-refractivity contribution in [3.8, 4) is 11.5 Å². The highest BCUT2D eigenvalue weighted by atomic mass is 16.6. The summed E-state index contributed by atoms with van der Waals surface area (Å²) in [7, 11) is 1.49. The fourth-order valence-electron chi connectivity index (χ4n) is 2.42. The van der Waals surface area contributed by atoms with Gasteiger partial charge >= 0.3 is 0 Å². The number of fused-ring (bicyclic) bond motifs is 1. The van der Waals surface area contributed by atoms with E-state index < -0.39 is 11.5 Å². The summed E-state index contributed by atoms with van der Waals surface area (Å²) in [5.41, 5.74) is 6.29. The molecule has 2 heterocycles. The van der Waals surface area contributed by atoms with Gasteiger partial charge in [-0.15, -0.1) is 0 Å². The van der Waals surface area contributed by atoms with Gasteiger partial charge in [-0.2, -0.15) is 0 Å². The van der Waals surface area contributed by atoms with Crippen LogP contribution in [0.25, 0.3) is 0 Å². The minimum atomic E-state index is -0.420. The monoisotopic (exact) mass is 346 g/mol. The molecule has 1 aromatic heterocycles. The maximum atomic E-state index is 12.2. The fraction of sp³-hybridized carbons (Fsp3) is 0.312. The zero-order valence-corrected chi connectivity index (χ0v) is 13.7. The Morgan fingerprint density at radius 3 is 2.80 bits per heavy atom. The summed E-state index contributed by atoms with van der Waals surface area (Å²) in [5, 5.41) is 2.69. The second-order valence-corrected chi connectivity index (χ2v) is 5.37. The zero-order valence-electron chi connectivity index (χ0n) is 13.7. The SMILES string of the molecule is COCc1cc(=O)n(CC(=O)Nc2ccc3c(c2)OCCO3)c(N)n1. The van der Waals surface area contributed by atoms with Crippen molar-refractivity contribution in [3.63, 3.8) is 0 Å². The predicted octanol–water partition coefficient (Wildman–Crippen LogP) is 0.382. The van der Waals surface area contributed by atoms with Crippen molar-refractivity contribution >= 4 is 17.5 Å². The Bertz CT molecular complexity index is 849. The molecule has 3 N–H and O–H groups in total. The Hall–Kier alpha value is -3.07. The second-order valence-electron chi connectivity index (χ2n) is 5.37. The smallest absolute Gasteiger partial charge is 0.255 e. The second kappa shape index (κ2) is 7.22. The number of nitrogens with two attached hydrogens (primary N) is 1. The van der Waals surface area contributed by atoms with Gasteiger partial charge in [-0.3, -0.25) is 14.2 Å². The molecule has 0 aliphatic carbocycles. The molecule has 3 rings (SSSR count). The quantitative estimate of drug-likeness (QED) is 0.803. The van der Waals surface area contributed by atoms with Crippen LogP contribution in [-0.2, 0) is 22.7 Å². The van der Waals surface area contributed by atoms with Crippen molar-refractivity contribution in [2.75, 3.05) is 31.4 Å². The van der Waals surface area contributed by atoms with E-state index in [-0.39, 0.29) is 19.1 Å². The van der Waals surface area contributed by atoms with E-state index in [0.29, 0.717) is 36.1 Å². The number of carbonyl (C=O) groups excluding carboxylic acids is 1. The zero-order chi connectivity index (χ0) is 17.8. The van der Waals surface area contributed by atoms with Crippen LogP contribution < -0.4 is 26.1 Å². The first-order valence-electron chi connectivity index (χ1n) is 7.61. The molecule has 25 heavy (non-hydrogen) atoms. The first-order chi connectivity index (χ1) is 12.1. The number of ether oxygens (including phenoxy) is 3. The lowest BCUT2D eigenvalue weighted by Crippen LogP contribution is -2.30. The highest BCUT2D eigenvalue weighted by molar-refractivity contribution is 5.91. The minimum Gasteiger partial charge on any atom is -0.486 e. The summed E-state index contributed by atoms with van der Waals surface area (Å²) < 4.78 is 16.9. The number of rotatable bonds is 5. The molecule has 2 aromatic rings. The lowest BCUT2D eigenvalue weighted by atomic mass is 10.2. The molecule has 0 radical (unpaired) electrons. The molecule has 0 bridgehead atoms. The Kier molecular flexibility index (Phi) is 4.85. The maximum Gasteiger partial charge on any atom is 0.255 e. The largest absolute Gasteiger partial charge is 0.486 e. The first kappa shape index (κ1) is 16.8. The fourth-order valence-corrected chi connectivity index (χ4v) is 2.42. The molecule has 9 heteroatoms. The molecule has 0 saturated carbocycles. The van der Waals surface area contributed by atoms with E-state index in [1.165, 1.54) is 13.2 Å². The van der Waals surface area contributed by atoms with E-state index in [0.717, 1.165) is 4.57 Å². The van der Waals surface area contributed by atoms with Crippen LogP contribution in [0.3, 0.4) is 0 Å². The number of carbonyl (C=O) groups is 1. The van der Waals surface area contributed by atoms with Gasteiger partial charge in [0, 0.05) is 24.9 Å². The van der Waals surface area contributed by atoms with Gasteiger partial charge in [-0.25, -0.2) is 4.98 Å². The molecule has 1 aliphatic heterocycles. The van der Waals surface area contributed by atoms with Gasteiger partial charge < -0.3 is 25.3 Å². The van der Waals surface area contributed by atoms with Crippen molar-refractivity contribution in [3.05, 3.63) is 40.3 Å². The van der Waals surface area contributed by atoms with Crippen molar-refractivity contribution in [1.29, 1.82) is 0 Å². The summed E-state index contributed by atoms with van der Waals surface area (Å²) in [4.78, 5) is 28.3. The summed E-state index contributed by atoms with van der Waals surface area (Å²) in [6.07, 6.45) is 0. The van der Waals surface area contributed by atoms with Crippen LogP contribution in [0.1, 0.15) is 5.69 Å². The molecular formula is C16H18N4O5. The molecule has 132 valence electrons. The summed E-state index contributed by atoms with van der Waals surface area (Å²) >= 11 is 0. The van der Waals surface area contributed by atoms with Gasteiger partial charge in [0.25, 0.3) is 5.56 Å². The maximum absolute atomic E-state index is 12.2. The number of anilines is 2. The van der Waals surface area contributed by atoms with E-state index in [1.54, 1.807) is 18.2 Å². The lowest BCUT2D eigenvalue weighted by molar-refractivity contribution is -0.116. The number of hydrogen-bond donors (Lipinski definition) is 2. The van der Waals surface area contributed by atoms with Crippen molar-refractivity contribution < 1.29 is 19.0 Å². The van der Waals surface area contributed by atoms with Gasteiger partial charge in [-0.05, 0) is 12.1 Å². The number of aromatic nitrogens is 2. The molecule has 1 amide bonds. The van der Waals surface area contributed by atoms with Crippen LogP contribution in [0.4, 0.5) is 11.6 Å². The van der Waals surface area contributed by atoms with Gasteiger partial charge in [0.05, 0.1) is 12.3 Å². The van der Waals surface area contributed by atoms with Crippen LogP contribution >= 0.6 is 0 Å². The van der Waals surface area contributed by atoms with Crippen LogP contribution in [-0.4, -0.2) is 35.8 Å². The highest BCUT2D eigenvalue weighted by Gasteiger charge is 2.14. The molecule has 1 aromatic carbocycles. The predicted molar refractivity (Wildman–Crippen MR) is 89.7 cm³/mol. The first-order valence-corrected chi connectivity index (χ1v) is 7.61.